The Morgan fingerprint density at radius 3 is 2.52 bits per heavy atom. The number of amides is 2. The number of benzene rings is 1. The van der Waals surface area contributed by atoms with E-state index in [2.05, 4.69) is 36.3 Å². The number of hydrogen-bond donors (Lipinski definition) is 2. The first-order chi connectivity index (χ1) is 13.8. The van der Waals surface area contributed by atoms with Crippen LogP contribution < -0.4 is 11.1 Å². The topological polar surface area (TPSA) is 98.2 Å². The van der Waals surface area contributed by atoms with Crippen molar-refractivity contribution in [1.29, 1.82) is 0 Å². The fraction of sp³-hybridized carbons (Fsp3) is 0.318. The minimum atomic E-state index is -0.539. The number of aromatic nitrogens is 1. The SMILES string of the molecule is Cc1sc(NC(=O)CCc2ncc(-c3ccc(C(C)C)cc3)o2)c(C(N)=O)c1C. The fourth-order valence-electron chi connectivity index (χ4n) is 3.01. The number of carbonyl (C=O) groups excluding carboxylic acids is 2. The van der Waals surface area contributed by atoms with Crippen molar-refractivity contribution in [2.24, 2.45) is 5.73 Å². The van der Waals surface area contributed by atoms with Crippen LogP contribution in [0.25, 0.3) is 11.3 Å². The Morgan fingerprint density at radius 1 is 1.21 bits per heavy atom. The number of carbonyl (C=O) groups is 2. The second-order valence-corrected chi connectivity index (χ2v) is 8.52. The molecule has 0 saturated heterocycles. The van der Waals surface area contributed by atoms with Crippen molar-refractivity contribution in [3.05, 3.63) is 57.9 Å². The lowest BCUT2D eigenvalue weighted by Gasteiger charge is -2.05. The molecule has 6 nitrogen and oxygen atoms in total. The quantitative estimate of drug-likeness (QED) is 0.583. The zero-order valence-electron chi connectivity index (χ0n) is 17.0. The van der Waals surface area contributed by atoms with E-state index in [4.69, 9.17) is 10.2 Å². The number of thiophene rings is 1. The third kappa shape index (κ3) is 4.74. The summed E-state index contributed by atoms with van der Waals surface area (Å²) in [5.74, 6) is 0.893. The van der Waals surface area contributed by atoms with E-state index >= 15 is 0 Å². The number of nitrogens with one attached hydrogen (secondary N) is 1. The molecule has 0 unspecified atom stereocenters. The molecule has 0 radical (unpaired) electrons. The van der Waals surface area contributed by atoms with E-state index < -0.39 is 5.91 Å². The molecule has 0 aliphatic rings. The van der Waals surface area contributed by atoms with Gasteiger partial charge in [0, 0.05) is 23.3 Å². The average molecular weight is 412 g/mol. The molecule has 3 N–H and O–H groups in total. The molecule has 0 aliphatic heterocycles. The molecule has 3 aromatic rings. The predicted octanol–water partition coefficient (Wildman–Crippen LogP) is 4.81. The molecule has 7 heteroatoms. The van der Waals surface area contributed by atoms with E-state index in [-0.39, 0.29) is 12.3 Å². The summed E-state index contributed by atoms with van der Waals surface area (Å²) in [6.45, 7) is 8.02. The van der Waals surface area contributed by atoms with Crippen LogP contribution in [0.4, 0.5) is 5.00 Å². The van der Waals surface area contributed by atoms with Crippen LogP contribution in [0.15, 0.2) is 34.9 Å². The first-order valence-corrected chi connectivity index (χ1v) is 10.3. The second-order valence-electron chi connectivity index (χ2n) is 7.29. The van der Waals surface area contributed by atoms with Gasteiger partial charge >= 0.3 is 0 Å². The molecular formula is C22H25N3O3S. The van der Waals surface area contributed by atoms with E-state index in [9.17, 15) is 9.59 Å². The summed E-state index contributed by atoms with van der Waals surface area (Å²) in [4.78, 5) is 29.2. The summed E-state index contributed by atoms with van der Waals surface area (Å²) in [5.41, 5.74) is 8.84. The Hall–Kier alpha value is -2.93. The first-order valence-electron chi connectivity index (χ1n) is 9.51. The maximum absolute atomic E-state index is 12.3. The number of nitrogens with zero attached hydrogens (tertiary/aromatic N) is 1. The highest BCUT2D eigenvalue weighted by Gasteiger charge is 2.19. The van der Waals surface area contributed by atoms with Crippen LogP contribution in [0, 0.1) is 13.8 Å². The predicted molar refractivity (Wildman–Crippen MR) is 115 cm³/mol. The Balaban J connectivity index is 1.62. The first kappa shape index (κ1) is 20.8. The average Bonchev–Trinajstić information content (AvgIpc) is 3.25. The Labute approximate surface area is 174 Å². The number of oxazole rings is 1. The molecule has 2 aromatic heterocycles. The summed E-state index contributed by atoms with van der Waals surface area (Å²) in [5, 5.41) is 3.28. The number of hydrogen-bond acceptors (Lipinski definition) is 5. The monoisotopic (exact) mass is 411 g/mol. The van der Waals surface area contributed by atoms with Crippen LogP contribution in [-0.2, 0) is 11.2 Å². The van der Waals surface area contributed by atoms with Gasteiger partial charge < -0.3 is 15.5 Å². The van der Waals surface area contributed by atoms with Crippen LogP contribution in [-0.4, -0.2) is 16.8 Å². The number of primary amides is 1. The van der Waals surface area contributed by atoms with E-state index in [0.29, 0.717) is 34.6 Å². The summed E-state index contributed by atoms with van der Waals surface area (Å²) in [7, 11) is 0. The summed E-state index contributed by atoms with van der Waals surface area (Å²) >= 11 is 1.35. The van der Waals surface area contributed by atoms with Gasteiger partial charge in [-0.15, -0.1) is 11.3 Å². The molecule has 152 valence electrons. The summed E-state index contributed by atoms with van der Waals surface area (Å²) in [6, 6.07) is 8.19. The van der Waals surface area contributed by atoms with Crippen molar-refractivity contribution in [2.45, 2.75) is 46.5 Å². The molecule has 3 rings (SSSR count). The molecule has 1 aromatic carbocycles. The van der Waals surface area contributed by atoms with Gasteiger partial charge in [0.15, 0.2) is 11.7 Å². The Bertz CT molecular complexity index is 1030. The molecule has 2 heterocycles. The fourth-order valence-corrected chi connectivity index (χ4v) is 4.09. The molecule has 29 heavy (non-hydrogen) atoms. The molecule has 2 amide bonds. The third-order valence-electron chi connectivity index (χ3n) is 4.87. The lowest BCUT2D eigenvalue weighted by Crippen LogP contribution is -2.17. The van der Waals surface area contributed by atoms with Gasteiger partial charge in [-0.3, -0.25) is 9.59 Å². The van der Waals surface area contributed by atoms with E-state index in [1.54, 1.807) is 6.20 Å². The highest BCUT2D eigenvalue weighted by atomic mass is 32.1. The van der Waals surface area contributed by atoms with Crippen molar-refractivity contribution >= 4 is 28.2 Å². The molecule has 0 bridgehead atoms. The minimum Gasteiger partial charge on any atom is -0.441 e. The van der Waals surface area contributed by atoms with Crippen molar-refractivity contribution in [2.75, 3.05) is 5.32 Å². The molecule has 0 spiro atoms. The zero-order chi connectivity index (χ0) is 21.1. The summed E-state index contributed by atoms with van der Waals surface area (Å²) in [6.07, 6.45) is 2.24. The van der Waals surface area contributed by atoms with Gasteiger partial charge in [0.25, 0.3) is 5.91 Å². The lowest BCUT2D eigenvalue weighted by molar-refractivity contribution is -0.116. The minimum absolute atomic E-state index is 0.195. The van der Waals surface area contributed by atoms with Crippen LogP contribution in [0.1, 0.15) is 58.4 Å². The van der Waals surface area contributed by atoms with E-state index in [1.807, 2.05) is 26.0 Å². The number of rotatable bonds is 7. The Morgan fingerprint density at radius 2 is 1.90 bits per heavy atom. The van der Waals surface area contributed by atoms with Gasteiger partial charge in [-0.25, -0.2) is 4.98 Å². The van der Waals surface area contributed by atoms with Gasteiger partial charge in [0.1, 0.15) is 5.00 Å². The van der Waals surface area contributed by atoms with Crippen LogP contribution in [0.5, 0.6) is 0 Å². The maximum Gasteiger partial charge on any atom is 0.251 e. The molecule has 0 saturated carbocycles. The standard InChI is InChI=1S/C22H25N3O3S/c1-12(2)15-5-7-16(8-6-15)17-11-24-19(28-17)10-9-18(26)25-22-20(21(23)27)13(3)14(4)29-22/h5-8,11-12H,9-10H2,1-4H3,(H2,23,27)(H,25,26). The summed E-state index contributed by atoms with van der Waals surface area (Å²) < 4.78 is 5.79. The second kappa shape index (κ2) is 8.61. The van der Waals surface area contributed by atoms with E-state index in [1.165, 1.54) is 16.9 Å². The van der Waals surface area contributed by atoms with Crippen LogP contribution in [0.2, 0.25) is 0 Å². The zero-order valence-corrected chi connectivity index (χ0v) is 17.9. The Kier molecular flexibility index (Phi) is 6.17. The largest absolute Gasteiger partial charge is 0.441 e. The van der Waals surface area contributed by atoms with Gasteiger partial charge in [-0.05, 0) is 30.9 Å². The van der Waals surface area contributed by atoms with Crippen molar-refractivity contribution in [3.63, 3.8) is 0 Å². The van der Waals surface area contributed by atoms with Gasteiger partial charge in [0.2, 0.25) is 5.91 Å². The van der Waals surface area contributed by atoms with Crippen molar-refractivity contribution in [3.8, 4) is 11.3 Å². The van der Waals surface area contributed by atoms with Gasteiger partial charge in [-0.2, -0.15) is 0 Å². The van der Waals surface area contributed by atoms with Gasteiger partial charge in [-0.1, -0.05) is 38.1 Å². The van der Waals surface area contributed by atoms with Crippen LogP contribution >= 0.6 is 11.3 Å². The molecule has 0 atom stereocenters. The maximum atomic E-state index is 12.3. The third-order valence-corrected chi connectivity index (χ3v) is 5.99. The highest BCUT2D eigenvalue weighted by Crippen LogP contribution is 2.32. The molecule has 0 fully saturated rings. The number of nitrogens with two attached hydrogens (primary N) is 1. The van der Waals surface area contributed by atoms with Crippen molar-refractivity contribution < 1.29 is 14.0 Å². The smallest absolute Gasteiger partial charge is 0.251 e. The number of aryl methyl sites for hydroxylation is 2. The van der Waals surface area contributed by atoms with Crippen LogP contribution in [0.3, 0.4) is 0 Å². The number of anilines is 1. The van der Waals surface area contributed by atoms with Crippen molar-refractivity contribution in [1.82, 2.24) is 4.98 Å². The molecule has 0 aliphatic carbocycles. The lowest BCUT2D eigenvalue weighted by atomic mass is 10.0. The normalized spacial score (nSPS) is 11.1. The van der Waals surface area contributed by atoms with Gasteiger partial charge in [0.05, 0.1) is 11.8 Å². The highest BCUT2D eigenvalue weighted by molar-refractivity contribution is 7.16. The molecular weight excluding hydrogens is 386 g/mol. The van der Waals surface area contributed by atoms with E-state index in [0.717, 1.165) is 16.0 Å².